The van der Waals surface area contributed by atoms with Crippen LogP contribution in [-0.2, 0) is 16.5 Å². The molecule has 0 aliphatic carbocycles. The maximum Gasteiger partial charge on any atom is 2.00 e. The van der Waals surface area contributed by atoms with Gasteiger partial charge in [-0.05, 0) is 0 Å². The standard InChI is InChI=1S/4C3H4N2.2NO3.Ni/c4*1-2-5-3-4-1;2*2-1(3)4;/h4*1-3H,(H,4,5);;;/q;;;;2*-1;+2. The van der Waals surface area contributed by atoms with Crippen LogP contribution in [0.1, 0.15) is 0 Å². The van der Waals surface area contributed by atoms with Crippen LogP contribution in [0.4, 0.5) is 0 Å². The minimum absolute atomic E-state index is 0. The van der Waals surface area contributed by atoms with Gasteiger partial charge < -0.3 is 50.6 Å². The SMILES string of the molecule is O=[N+]([O-])[O-].O=[N+]([O-])[O-].[Ni+2].c1c[nH]cn1.c1c[nH]cn1.c1c[nH]cn1.c1c[nH]cn1. The topological polar surface area (TPSA) is 247 Å². The molecule has 29 heavy (non-hydrogen) atoms. The summed E-state index contributed by atoms with van der Waals surface area (Å²) in [5.41, 5.74) is 0. The molecular weight excluding hydrogens is 439 g/mol. The molecule has 0 aliphatic rings. The van der Waals surface area contributed by atoms with Gasteiger partial charge in [0.1, 0.15) is 0 Å². The first-order chi connectivity index (χ1) is 13.5. The number of aromatic nitrogens is 8. The summed E-state index contributed by atoms with van der Waals surface area (Å²) in [4.78, 5) is 42.2. The van der Waals surface area contributed by atoms with Crippen molar-refractivity contribution in [3.05, 3.63) is 106 Å². The van der Waals surface area contributed by atoms with E-state index >= 15 is 0 Å². The summed E-state index contributed by atoms with van der Waals surface area (Å²) in [7, 11) is 0. The van der Waals surface area contributed by atoms with E-state index < -0.39 is 10.2 Å². The summed E-state index contributed by atoms with van der Waals surface area (Å²) >= 11 is 0. The van der Waals surface area contributed by atoms with E-state index in [4.69, 9.17) is 30.6 Å². The number of nitrogens with zero attached hydrogens (tertiary/aromatic N) is 6. The van der Waals surface area contributed by atoms with Crippen molar-refractivity contribution < 1.29 is 26.7 Å². The molecule has 160 valence electrons. The Morgan fingerprint density at radius 2 is 0.690 bits per heavy atom. The van der Waals surface area contributed by atoms with E-state index in [1.165, 1.54) is 0 Å². The van der Waals surface area contributed by atoms with Crippen molar-refractivity contribution >= 4 is 0 Å². The van der Waals surface area contributed by atoms with Crippen LogP contribution in [0.15, 0.2) is 74.9 Å². The predicted octanol–water partition coefficient (Wildman–Crippen LogP) is 1.16. The molecule has 0 spiro atoms. The van der Waals surface area contributed by atoms with E-state index in [9.17, 15) is 0 Å². The zero-order valence-electron chi connectivity index (χ0n) is 14.4. The van der Waals surface area contributed by atoms with Gasteiger partial charge >= 0.3 is 16.5 Å². The van der Waals surface area contributed by atoms with Crippen LogP contribution >= 0.6 is 0 Å². The number of nitrogens with one attached hydrogen (secondary N) is 4. The summed E-state index contributed by atoms with van der Waals surface area (Å²) in [6.07, 6.45) is 20.3. The van der Waals surface area contributed by atoms with E-state index in [0.717, 1.165) is 0 Å². The number of aromatic amines is 4. The van der Waals surface area contributed by atoms with Crippen molar-refractivity contribution in [2.24, 2.45) is 0 Å². The van der Waals surface area contributed by atoms with E-state index in [2.05, 4.69) is 39.9 Å². The monoisotopic (exact) mass is 454 g/mol. The number of imidazole rings is 4. The van der Waals surface area contributed by atoms with Gasteiger partial charge in [0.25, 0.3) is 0 Å². The molecule has 0 unspecified atom stereocenters. The molecular formula is C12H16N10NiO6. The summed E-state index contributed by atoms with van der Waals surface area (Å²) in [6, 6.07) is 0. The number of hydrogen-bond donors (Lipinski definition) is 4. The molecule has 0 aliphatic heterocycles. The second kappa shape index (κ2) is 26.0. The predicted molar refractivity (Wildman–Crippen MR) is 95.1 cm³/mol. The van der Waals surface area contributed by atoms with Gasteiger partial charge in [-0.1, -0.05) is 0 Å². The van der Waals surface area contributed by atoms with Crippen LogP contribution in [0.2, 0.25) is 0 Å². The molecule has 4 aromatic heterocycles. The van der Waals surface area contributed by atoms with Gasteiger partial charge in [0.15, 0.2) is 0 Å². The Kier molecular flexibility index (Phi) is 26.4. The van der Waals surface area contributed by atoms with Crippen LogP contribution in [-0.4, -0.2) is 50.0 Å². The molecule has 0 saturated heterocycles. The van der Waals surface area contributed by atoms with Crippen molar-refractivity contribution in [3.8, 4) is 0 Å². The second-order valence-corrected chi connectivity index (χ2v) is 3.49. The Morgan fingerprint density at radius 3 is 0.724 bits per heavy atom. The van der Waals surface area contributed by atoms with Crippen LogP contribution < -0.4 is 0 Å². The average molecular weight is 455 g/mol. The molecule has 4 rings (SSSR count). The fourth-order valence-corrected chi connectivity index (χ4v) is 0.861. The number of H-pyrrole nitrogens is 4. The fourth-order valence-electron chi connectivity index (χ4n) is 0.861. The van der Waals surface area contributed by atoms with Gasteiger partial charge in [-0.2, -0.15) is 0 Å². The molecule has 0 atom stereocenters. The molecule has 17 heteroatoms. The molecule has 0 saturated carbocycles. The summed E-state index contributed by atoms with van der Waals surface area (Å²) in [5.74, 6) is 0. The summed E-state index contributed by atoms with van der Waals surface area (Å²) in [6.45, 7) is 0. The van der Waals surface area contributed by atoms with Gasteiger partial charge in [-0.15, -0.1) is 0 Å². The molecule has 0 fully saturated rings. The third-order valence-corrected chi connectivity index (χ3v) is 1.62. The average Bonchev–Trinajstić information content (AvgIpc) is 3.52. The molecule has 0 bridgehead atoms. The third-order valence-electron chi connectivity index (χ3n) is 1.62. The Bertz CT molecular complexity index is 528. The molecule has 0 aromatic carbocycles. The van der Waals surface area contributed by atoms with Crippen molar-refractivity contribution in [2.45, 2.75) is 0 Å². The van der Waals surface area contributed by atoms with Crippen LogP contribution in [0, 0.1) is 30.6 Å². The minimum Gasteiger partial charge on any atom is -0.356 e. The quantitative estimate of drug-likeness (QED) is 0.167. The molecule has 4 heterocycles. The van der Waals surface area contributed by atoms with Crippen LogP contribution in [0.25, 0.3) is 0 Å². The third kappa shape index (κ3) is 45.3. The Hall–Kier alpha value is -4.27. The van der Waals surface area contributed by atoms with E-state index in [1.54, 1.807) is 74.9 Å². The van der Waals surface area contributed by atoms with E-state index in [0.29, 0.717) is 0 Å². The first-order valence-corrected chi connectivity index (χ1v) is 6.80. The van der Waals surface area contributed by atoms with Crippen molar-refractivity contribution in [1.82, 2.24) is 39.9 Å². The van der Waals surface area contributed by atoms with Crippen molar-refractivity contribution in [1.29, 1.82) is 0 Å². The normalized spacial score (nSPS) is 7.17. The van der Waals surface area contributed by atoms with Gasteiger partial charge in [-0.25, -0.2) is 19.9 Å². The smallest absolute Gasteiger partial charge is 0.356 e. The van der Waals surface area contributed by atoms with Gasteiger partial charge in [-0.3, -0.25) is 0 Å². The van der Waals surface area contributed by atoms with Gasteiger partial charge in [0.2, 0.25) is 0 Å². The second-order valence-electron chi connectivity index (χ2n) is 3.49. The first-order valence-electron chi connectivity index (χ1n) is 6.80. The fraction of sp³-hybridized carbons (Fsp3) is 0. The van der Waals surface area contributed by atoms with Crippen molar-refractivity contribution in [2.75, 3.05) is 0 Å². The van der Waals surface area contributed by atoms with Gasteiger partial charge in [0.05, 0.1) is 35.5 Å². The maximum absolute atomic E-state index is 8.25. The van der Waals surface area contributed by atoms with E-state index in [-0.39, 0.29) is 16.5 Å². The summed E-state index contributed by atoms with van der Waals surface area (Å²) < 4.78 is 0. The number of hydrogen-bond acceptors (Lipinski definition) is 10. The molecule has 0 radical (unpaired) electrons. The van der Waals surface area contributed by atoms with Crippen LogP contribution in [0.5, 0.6) is 0 Å². The zero-order valence-corrected chi connectivity index (χ0v) is 15.4. The first kappa shape index (κ1) is 29.5. The Morgan fingerprint density at radius 1 is 0.517 bits per heavy atom. The van der Waals surface area contributed by atoms with Gasteiger partial charge in [0, 0.05) is 49.6 Å². The molecule has 4 N–H and O–H groups in total. The molecule has 0 amide bonds. The molecule has 4 aromatic rings. The largest absolute Gasteiger partial charge is 2.00 e. The zero-order chi connectivity index (χ0) is 21.3. The van der Waals surface area contributed by atoms with Crippen molar-refractivity contribution in [3.63, 3.8) is 0 Å². The summed E-state index contributed by atoms with van der Waals surface area (Å²) in [5, 5.41) is 29.5. The minimum atomic E-state index is -1.75. The van der Waals surface area contributed by atoms with E-state index in [1.807, 2.05) is 0 Å². The Labute approximate surface area is 172 Å². The molecule has 16 nitrogen and oxygen atoms in total. The number of rotatable bonds is 0. The van der Waals surface area contributed by atoms with Crippen LogP contribution in [0.3, 0.4) is 0 Å². The Balaban J connectivity index is -0.000000279. The maximum atomic E-state index is 8.25.